The number of fused-ring (bicyclic) bond motifs is 1. The van der Waals surface area contributed by atoms with Crippen molar-refractivity contribution in [3.63, 3.8) is 0 Å². The summed E-state index contributed by atoms with van der Waals surface area (Å²) in [7, 11) is 0. The van der Waals surface area contributed by atoms with Gasteiger partial charge in [0.2, 0.25) is 5.88 Å². The number of carbonyl (C=O) groups is 1. The number of aromatic carboxylic acids is 1. The van der Waals surface area contributed by atoms with E-state index in [-0.39, 0.29) is 11.4 Å². The topological polar surface area (TPSA) is 59.4 Å². The number of carboxylic acid groups (broad SMARTS) is 1. The van der Waals surface area contributed by atoms with Crippen molar-refractivity contribution in [1.29, 1.82) is 0 Å². The Morgan fingerprint density at radius 1 is 1.35 bits per heavy atom. The smallest absolute Gasteiger partial charge is 0.341 e. The van der Waals surface area contributed by atoms with Gasteiger partial charge in [0.1, 0.15) is 5.56 Å². The minimum absolute atomic E-state index is 0.117. The lowest BCUT2D eigenvalue weighted by molar-refractivity contribution is 0.0691. The highest BCUT2D eigenvalue weighted by Crippen LogP contribution is 2.25. The zero-order chi connectivity index (χ0) is 14.7. The minimum atomic E-state index is -1.01. The predicted molar refractivity (Wildman–Crippen MR) is 78.6 cm³/mol. The number of nitrogens with zero attached hydrogens (tertiary/aromatic N) is 1. The highest BCUT2D eigenvalue weighted by atomic mass is 16.5. The fraction of sp³-hybridized carbons (Fsp3) is 0.375. The van der Waals surface area contributed by atoms with Crippen molar-refractivity contribution in [2.75, 3.05) is 6.61 Å². The first-order valence-electron chi connectivity index (χ1n) is 6.83. The lowest BCUT2D eigenvalue weighted by atomic mass is 10.0. The first-order chi connectivity index (χ1) is 9.52. The van der Waals surface area contributed by atoms with Crippen molar-refractivity contribution in [3.8, 4) is 5.88 Å². The van der Waals surface area contributed by atoms with E-state index >= 15 is 0 Å². The van der Waals surface area contributed by atoms with Gasteiger partial charge in [-0.2, -0.15) is 0 Å². The molecule has 0 aliphatic rings. The molecule has 0 unspecified atom stereocenters. The van der Waals surface area contributed by atoms with Crippen LogP contribution in [0.25, 0.3) is 10.9 Å². The molecule has 0 radical (unpaired) electrons. The van der Waals surface area contributed by atoms with Crippen molar-refractivity contribution >= 4 is 16.9 Å². The van der Waals surface area contributed by atoms with Crippen LogP contribution < -0.4 is 4.74 Å². The molecule has 1 aromatic carbocycles. The van der Waals surface area contributed by atoms with Crippen LogP contribution >= 0.6 is 0 Å². The van der Waals surface area contributed by atoms with Gasteiger partial charge in [0.05, 0.1) is 12.1 Å². The average molecular weight is 273 g/mol. The van der Waals surface area contributed by atoms with E-state index in [0.717, 1.165) is 22.9 Å². The van der Waals surface area contributed by atoms with Gasteiger partial charge in [0.25, 0.3) is 0 Å². The van der Waals surface area contributed by atoms with E-state index in [1.165, 1.54) is 0 Å². The summed E-state index contributed by atoms with van der Waals surface area (Å²) >= 11 is 0. The Labute approximate surface area is 118 Å². The van der Waals surface area contributed by atoms with Crippen LogP contribution in [-0.4, -0.2) is 22.7 Å². The molecule has 1 aromatic heterocycles. The molecule has 0 aliphatic carbocycles. The molecule has 0 spiro atoms. The van der Waals surface area contributed by atoms with Gasteiger partial charge >= 0.3 is 5.97 Å². The molecule has 4 heteroatoms. The molecule has 0 atom stereocenters. The molecule has 2 aromatic rings. The third-order valence-electron chi connectivity index (χ3n) is 3.14. The Morgan fingerprint density at radius 3 is 2.70 bits per heavy atom. The molecule has 0 aliphatic heterocycles. The van der Waals surface area contributed by atoms with Gasteiger partial charge in [-0.1, -0.05) is 26.8 Å². The summed E-state index contributed by atoms with van der Waals surface area (Å²) in [5.74, 6) is -0.423. The van der Waals surface area contributed by atoms with Gasteiger partial charge in [-0.25, -0.2) is 9.78 Å². The molecule has 0 fully saturated rings. The number of carboxylic acids is 1. The molecule has 20 heavy (non-hydrogen) atoms. The Bertz CT molecular complexity index is 635. The number of ether oxygens (including phenoxy) is 1. The molecule has 4 nitrogen and oxygen atoms in total. The van der Waals surface area contributed by atoms with E-state index < -0.39 is 5.97 Å². The molecule has 1 heterocycles. The monoisotopic (exact) mass is 273 g/mol. The molecule has 0 saturated heterocycles. The number of hydrogen-bond acceptors (Lipinski definition) is 3. The van der Waals surface area contributed by atoms with E-state index in [2.05, 4.69) is 18.8 Å². The Hall–Kier alpha value is -2.10. The molecule has 106 valence electrons. The second-order valence-corrected chi connectivity index (χ2v) is 5.10. The maximum Gasteiger partial charge on any atom is 0.341 e. The standard InChI is InChI=1S/C16H19NO3/c1-4-7-20-15-13(16(18)19)9-12-8-11(10(2)3)5-6-14(12)17-15/h5-6,8-10H,4,7H2,1-3H3,(H,18,19). The van der Waals surface area contributed by atoms with Crippen LogP contribution in [0.1, 0.15) is 49.0 Å². The first-order valence-corrected chi connectivity index (χ1v) is 6.83. The second kappa shape index (κ2) is 5.90. The van der Waals surface area contributed by atoms with Gasteiger partial charge < -0.3 is 9.84 Å². The number of hydrogen-bond donors (Lipinski definition) is 1. The lowest BCUT2D eigenvalue weighted by Crippen LogP contribution is -2.06. The quantitative estimate of drug-likeness (QED) is 0.899. The molecule has 0 bridgehead atoms. The third kappa shape index (κ3) is 2.90. The molecule has 0 amide bonds. The van der Waals surface area contributed by atoms with Crippen LogP contribution in [0, 0.1) is 0 Å². The van der Waals surface area contributed by atoms with Gasteiger partial charge in [0.15, 0.2) is 0 Å². The fourth-order valence-electron chi connectivity index (χ4n) is 2.00. The normalized spacial score (nSPS) is 11.0. The molecule has 1 N–H and O–H groups in total. The lowest BCUT2D eigenvalue weighted by Gasteiger charge is -2.11. The largest absolute Gasteiger partial charge is 0.477 e. The summed E-state index contributed by atoms with van der Waals surface area (Å²) in [4.78, 5) is 15.7. The van der Waals surface area contributed by atoms with Crippen LogP contribution in [-0.2, 0) is 0 Å². The zero-order valence-corrected chi connectivity index (χ0v) is 12.0. The number of benzene rings is 1. The van der Waals surface area contributed by atoms with Gasteiger partial charge in [-0.05, 0) is 36.1 Å². The predicted octanol–water partition coefficient (Wildman–Crippen LogP) is 3.85. The van der Waals surface area contributed by atoms with Gasteiger partial charge in [-0.3, -0.25) is 0 Å². The van der Waals surface area contributed by atoms with Crippen molar-refractivity contribution in [3.05, 3.63) is 35.4 Å². The van der Waals surface area contributed by atoms with E-state index in [1.54, 1.807) is 6.07 Å². The Kier molecular flexibility index (Phi) is 4.23. The number of pyridine rings is 1. The number of rotatable bonds is 5. The van der Waals surface area contributed by atoms with Crippen LogP contribution in [0.5, 0.6) is 5.88 Å². The first kappa shape index (κ1) is 14.3. The zero-order valence-electron chi connectivity index (χ0n) is 12.0. The van der Waals surface area contributed by atoms with Crippen molar-refractivity contribution in [2.24, 2.45) is 0 Å². The van der Waals surface area contributed by atoms with E-state index in [9.17, 15) is 9.90 Å². The Balaban J connectivity index is 2.55. The summed E-state index contributed by atoms with van der Waals surface area (Å²) in [6, 6.07) is 7.56. The average Bonchev–Trinajstić information content (AvgIpc) is 2.43. The summed E-state index contributed by atoms with van der Waals surface area (Å²) in [5.41, 5.74) is 2.04. The summed E-state index contributed by atoms with van der Waals surface area (Å²) in [5, 5.41) is 10.1. The molecular weight excluding hydrogens is 254 g/mol. The minimum Gasteiger partial charge on any atom is -0.477 e. The van der Waals surface area contributed by atoms with Crippen LogP contribution in [0.4, 0.5) is 0 Å². The van der Waals surface area contributed by atoms with E-state index in [0.29, 0.717) is 12.5 Å². The van der Waals surface area contributed by atoms with Gasteiger partial charge in [0, 0.05) is 5.39 Å². The molecule has 2 rings (SSSR count). The van der Waals surface area contributed by atoms with E-state index in [1.807, 2.05) is 25.1 Å². The second-order valence-electron chi connectivity index (χ2n) is 5.10. The van der Waals surface area contributed by atoms with Crippen molar-refractivity contribution in [1.82, 2.24) is 4.98 Å². The number of aromatic nitrogens is 1. The Morgan fingerprint density at radius 2 is 2.10 bits per heavy atom. The van der Waals surface area contributed by atoms with Gasteiger partial charge in [-0.15, -0.1) is 0 Å². The fourth-order valence-corrected chi connectivity index (χ4v) is 2.00. The van der Waals surface area contributed by atoms with Crippen molar-refractivity contribution in [2.45, 2.75) is 33.1 Å². The molecular formula is C16H19NO3. The highest BCUT2D eigenvalue weighted by Gasteiger charge is 2.15. The van der Waals surface area contributed by atoms with Crippen LogP contribution in [0.2, 0.25) is 0 Å². The maximum atomic E-state index is 11.3. The summed E-state index contributed by atoms with van der Waals surface area (Å²) in [6.07, 6.45) is 0.811. The van der Waals surface area contributed by atoms with E-state index in [4.69, 9.17) is 4.74 Å². The van der Waals surface area contributed by atoms with Crippen LogP contribution in [0.3, 0.4) is 0 Å². The SMILES string of the molecule is CCCOc1nc2ccc(C(C)C)cc2cc1C(=O)O. The van der Waals surface area contributed by atoms with Crippen LogP contribution in [0.15, 0.2) is 24.3 Å². The third-order valence-corrected chi connectivity index (χ3v) is 3.14. The summed E-state index contributed by atoms with van der Waals surface area (Å²) in [6.45, 7) is 6.64. The highest BCUT2D eigenvalue weighted by molar-refractivity contribution is 5.95. The summed E-state index contributed by atoms with van der Waals surface area (Å²) < 4.78 is 5.44. The van der Waals surface area contributed by atoms with Crippen molar-refractivity contribution < 1.29 is 14.6 Å². The maximum absolute atomic E-state index is 11.3. The molecule has 0 saturated carbocycles.